The summed E-state index contributed by atoms with van der Waals surface area (Å²) in [4.78, 5) is 28.0. The highest BCUT2D eigenvalue weighted by atomic mass is 16.6. The lowest BCUT2D eigenvalue weighted by molar-refractivity contribution is -0.385. The van der Waals surface area contributed by atoms with Crippen LogP contribution in [0.5, 0.6) is 0 Å². The maximum Gasteiger partial charge on any atom is 0.287 e. The number of aromatic nitrogens is 1. The molecule has 120 valence electrons. The number of nitrogens with one attached hydrogen (secondary N) is 2. The molecule has 1 atom stereocenters. The van der Waals surface area contributed by atoms with Gasteiger partial charge in [0.1, 0.15) is 12.0 Å². The summed E-state index contributed by atoms with van der Waals surface area (Å²) in [6.45, 7) is 2.23. The molecular formula is C14H21N5O3. The zero-order chi connectivity index (χ0) is 15.9. The summed E-state index contributed by atoms with van der Waals surface area (Å²) in [6.07, 6.45) is 3.49. The first kappa shape index (κ1) is 16.2. The van der Waals surface area contributed by atoms with Crippen molar-refractivity contribution in [3.05, 3.63) is 28.4 Å². The van der Waals surface area contributed by atoms with E-state index in [0.717, 1.165) is 25.9 Å². The summed E-state index contributed by atoms with van der Waals surface area (Å²) in [7, 11) is 1.87. The van der Waals surface area contributed by atoms with Crippen molar-refractivity contribution in [3.63, 3.8) is 0 Å². The van der Waals surface area contributed by atoms with Crippen LogP contribution in [0.4, 0.5) is 11.5 Å². The van der Waals surface area contributed by atoms with Crippen molar-refractivity contribution in [3.8, 4) is 0 Å². The van der Waals surface area contributed by atoms with Gasteiger partial charge in [0.25, 0.3) is 5.69 Å². The average Bonchev–Trinajstić information content (AvgIpc) is 2.96. The molecular weight excluding hydrogens is 286 g/mol. The van der Waals surface area contributed by atoms with Gasteiger partial charge >= 0.3 is 0 Å². The number of nitrogens with zero attached hydrogens (tertiary/aromatic N) is 3. The van der Waals surface area contributed by atoms with Crippen LogP contribution in [0.25, 0.3) is 0 Å². The second kappa shape index (κ2) is 7.69. The third-order valence-electron chi connectivity index (χ3n) is 3.67. The fourth-order valence-electron chi connectivity index (χ4n) is 2.47. The molecule has 22 heavy (non-hydrogen) atoms. The van der Waals surface area contributed by atoms with Crippen LogP contribution in [-0.2, 0) is 4.79 Å². The molecule has 1 unspecified atom stereocenters. The number of amides is 1. The van der Waals surface area contributed by atoms with Crippen molar-refractivity contribution in [1.29, 1.82) is 0 Å². The highest BCUT2D eigenvalue weighted by Gasteiger charge is 2.25. The number of nitro groups is 1. The molecule has 8 nitrogen and oxygen atoms in total. The van der Waals surface area contributed by atoms with Crippen LogP contribution in [0.3, 0.4) is 0 Å². The standard InChI is InChI=1S/C14H21N5O3/c1-15-7-2-3-14(20)18-8-6-11(10-18)17-13-5-4-12(9-16-13)19(21)22/h4-5,9,11,15H,2-3,6-8,10H2,1H3,(H,16,17). The third-order valence-corrected chi connectivity index (χ3v) is 3.67. The van der Waals surface area contributed by atoms with Crippen LogP contribution in [0.15, 0.2) is 18.3 Å². The summed E-state index contributed by atoms with van der Waals surface area (Å²) in [6, 6.07) is 3.16. The second-order valence-corrected chi connectivity index (χ2v) is 5.34. The molecule has 0 bridgehead atoms. The first-order chi connectivity index (χ1) is 10.6. The van der Waals surface area contributed by atoms with Gasteiger partial charge in [0.05, 0.1) is 4.92 Å². The maximum absolute atomic E-state index is 12.0. The Labute approximate surface area is 129 Å². The lowest BCUT2D eigenvalue weighted by Gasteiger charge is -2.17. The van der Waals surface area contributed by atoms with Crippen LogP contribution in [-0.4, -0.2) is 53.4 Å². The van der Waals surface area contributed by atoms with Crippen molar-refractivity contribution < 1.29 is 9.72 Å². The van der Waals surface area contributed by atoms with Crippen LogP contribution in [0.2, 0.25) is 0 Å². The number of hydrogen-bond acceptors (Lipinski definition) is 6. The minimum Gasteiger partial charge on any atom is -0.365 e. The van der Waals surface area contributed by atoms with Gasteiger partial charge in [-0.15, -0.1) is 0 Å². The van der Waals surface area contributed by atoms with Crippen LogP contribution < -0.4 is 10.6 Å². The molecule has 8 heteroatoms. The van der Waals surface area contributed by atoms with E-state index in [0.29, 0.717) is 18.8 Å². The Balaban J connectivity index is 1.80. The minimum absolute atomic E-state index is 0.0293. The van der Waals surface area contributed by atoms with E-state index in [9.17, 15) is 14.9 Å². The van der Waals surface area contributed by atoms with Gasteiger partial charge in [-0.3, -0.25) is 14.9 Å². The first-order valence-corrected chi connectivity index (χ1v) is 7.39. The van der Waals surface area contributed by atoms with Crippen molar-refractivity contribution >= 4 is 17.4 Å². The van der Waals surface area contributed by atoms with Crippen LogP contribution in [0.1, 0.15) is 19.3 Å². The Morgan fingerprint density at radius 3 is 3.00 bits per heavy atom. The second-order valence-electron chi connectivity index (χ2n) is 5.34. The topological polar surface area (TPSA) is 100 Å². The Morgan fingerprint density at radius 1 is 1.55 bits per heavy atom. The van der Waals surface area contributed by atoms with E-state index in [1.54, 1.807) is 6.07 Å². The molecule has 1 fully saturated rings. The van der Waals surface area contributed by atoms with Crippen LogP contribution >= 0.6 is 0 Å². The molecule has 0 radical (unpaired) electrons. The minimum atomic E-state index is -0.474. The highest BCUT2D eigenvalue weighted by Crippen LogP contribution is 2.17. The molecule has 1 aliphatic heterocycles. The van der Waals surface area contributed by atoms with Crippen LogP contribution in [0, 0.1) is 10.1 Å². The predicted octanol–water partition coefficient (Wildman–Crippen LogP) is 1.00. The summed E-state index contributed by atoms with van der Waals surface area (Å²) < 4.78 is 0. The molecule has 0 spiro atoms. The molecule has 0 saturated carbocycles. The normalized spacial score (nSPS) is 17.5. The van der Waals surface area contributed by atoms with Gasteiger partial charge in [0.2, 0.25) is 5.91 Å². The van der Waals surface area contributed by atoms with E-state index < -0.39 is 4.92 Å². The largest absolute Gasteiger partial charge is 0.365 e. The fourth-order valence-corrected chi connectivity index (χ4v) is 2.47. The van der Waals surface area contributed by atoms with Gasteiger partial charge in [-0.2, -0.15) is 0 Å². The molecule has 1 aromatic heterocycles. The monoisotopic (exact) mass is 307 g/mol. The molecule has 0 aliphatic carbocycles. The maximum atomic E-state index is 12.0. The number of anilines is 1. The zero-order valence-electron chi connectivity index (χ0n) is 12.6. The smallest absolute Gasteiger partial charge is 0.287 e. The van der Waals surface area contributed by atoms with E-state index in [-0.39, 0.29) is 17.6 Å². The third kappa shape index (κ3) is 4.39. The number of hydrogen-bond donors (Lipinski definition) is 2. The van der Waals surface area contributed by atoms with E-state index in [1.807, 2.05) is 11.9 Å². The predicted molar refractivity (Wildman–Crippen MR) is 82.7 cm³/mol. The Hall–Kier alpha value is -2.22. The molecule has 1 saturated heterocycles. The molecule has 1 amide bonds. The fraction of sp³-hybridized carbons (Fsp3) is 0.571. The zero-order valence-corrected chi connectivity index (χ0v) is 12.6. The van der Waals surface area contributed by atoms with E-state index in [2.05, 4.69) is 15.6 Å². The summed E-state index contributed by atoms with van der Waals surface area (Å²) in [5, 5.41) is 16.8. The number of likely N-dealkylation sites (tertiary alicyclic amines) is 1. The SMILES string of the molecule is CNCCCC(=O)N1CCC(Nc2ccc([N+](=O)[O-])cn2)C1. The highest BCUT2D eigenvalue weighted by molar-refractivity contribution is 5.76. The first-order valence-electron chi connectivity index (χ1n) is 7.39. The van der Waals surface area contributed by atoms with Gasteiger partial charge in [-0.25, -0.2) is 4.98 Å². The molecule has 2 N–H and O–H groups in total. The number of carbonyl (C=O) groups excluding carboxylic acids is 1. The molecule has 1 aromatic rings. The number of pyridine rings is 1. The Bertz CT molecular complexity index is 520. The van der Waals surface area contributed by atoms with Gasteiger partial charge in [0, 0.05) is 31.6 Å². The van der Waals surface area contributed by atoms with Crippen molar-refractivity contribution in [2.24, 2.45) is 0 Å². The molecule has 0 aromatic carbocycles. The summed E-state index contributed by atoms with van der Waals surface area (Å²) in [5.74, 6) is 0.774. The Kier molecular flexibility index (Phi) is 5.65. The molecule has 2 heterocycles. The van der Waals surface area contributed by atoms with Crippen molar-refractivity contribution in [2.45, 2.75) is 25.3 Å². The van der Waals surface area contributed by atoms with E-state index in [4.69, 9.17) is 0 Å². The lowest BCUT2D eigenvalue weighted by atomic mass is 10.2. The van der Waals surface area contributed by atoms with Gasteiger partial charge in [-0.1, -0.05) is 0 Å². The number of rotatable bonds is 7. The average molecular weight is 307 g/mol. The van der Waals surface area contributed by atoms with E-state index >= 15 is 0 Å². The van der Waals surface area contributed by atoms with Crippen molar-refractivity contribution in [1.82, 2.24) is 15.2 Å². The van der Waals surface area contributed by atoms with E-state index in [1.165, 1.54) is 12.3 Å². The summed E-state index contributed by atoms with van der Waals surface area (Å²) >= 11 is 0. The van der Waals surface area contributed by atoms with Gasteiger partial charge < -0.3 is 15.5 Å². The molecule has 1 aliphatic rings. The van der Waals surface area contributed by atoms with Gasteiger partial charge in [0.15, 0.2) is 0 Å². The van der Waals surface area contributed by atoms with Crippen molar-refractivity contribution in [2.75, 3.05) is 32.0 Å². The lowest BCUT2D eigenvalue weighted by Crippen LogP contribution is -2.32. The quantitative estimate of drug-likeness (QED) is 0.443. The van der Waals surface area contributed by atoms with Gasteiger partial charge in [-0.05, 0) is 32.5 Å². The number of carbonyl (C=O) groups is 1. The summed E-state index contributed by atoms with van der Waals surface area (Å²) in [5.41, 5.74) is -0.0293. The molecule has 2 rings (SSSR count). The Morgan fingerprint density at radius 2 is 2.36 bits per heavy atom.